The van der Waals surface area contributed by atoms with Gasteiger partial charge in [-0.2, -0.15) is 0 Å². The fourth-order valence-corrected chi connectivity index (χ4v) is 2.75. The standard InChI is InChI=1S/C13H15Cl2N/c1-16-13(9-4-2-3-5-9)11-7-6-10(14)8-12(11)15/h4,6-8,13,16H,2-3,5H2,1H3. The molecule has 0 fully saturated rings. The molecule has 1 aromatic carbocycles. The minimum absolute atomic E-state index is 0.229. The zero-order valence-electron chi connectivity index (χ0n) is 9.26. The second-order valence-electron chi connectivity index (χ2n) is 4.06. The van der Waals surface area contributed by atoms with Crippen molar-refractivity contribution in [3.63, 3.8) is 0 Å². The van der Waals surface area contributed by atoms with Crippen molar-refractivity contribution in [2.24, 2.45) is 0 Å². The average Bonchev–Trinajstić information content (AvgIpc) is 2.75. The molecule has 0 amide bonds. The maximum atomic E-state index is 6.23. The Balaban J connectivity index is 2.32. The van der Waals surface area contributed by atoms with Crippen LogP contribution in [0.3, 0.4) is 0 Å². The van der Waals surface area contributed by atoms with Gasteiger partial charge in [0.05, 0.1) is 6.04 Å². The van der Waals surface area contributed by atoms with Gasteiger partial charge in [0.1, 0.15) is 0 Å². The van der Waals surface area contributed by atoms with Crippen molar-refractivity contribution < 1.29 is 0 Å². The van der Waals surface area contributed by atoms with E-state index in [9.17, 15) is 0 Å². The van der Waals surface area contributed by atoms with Crippen molar-refractivity contribution in [2.45, 2.75) is 25.3 Å². The van der Waals surface area contributed by atoms with Crippen LogP contribution in [0.15, 0.2) is 29.8 Å². The van der Waals surface area contributed by atoms with Crippen LogP contribution >= 0.6 is 23.2 Å². The molecular weight excluding hydrogens is 241 g/mol. The molecule has 0 saturated heterocycles. The van der Waals surface area contributed by atoms with E-state index in [0.29, 0.717) is 5.02 Å². The molecule has 0 bridgehead atoms. The summed E-state index contributed by atoms with van der Waals surface area (Å²) in [5.74, 6) is 0. The minimum atomic E-state index is 0.229. The Kier molecular flexibility index (Phi) is 3.91. The largest absolute Gasteiger partial charge is 0.310 e. The molecule has 1 unspecified atom stereocenters. The molecule has 1 aliphatic carbocycles. The monoisotopic (exact) mass is 255 g/mol. The SMILES string of the molecule is CNC(C1=CCCC1)c1ccc(Cl)cc1Cl. The molecule has 16 heavy (non-hydrogen) atoms. The van der Waals surface area contributed by atoms with Crippen molar-refractivity contribution in [2.75, 3.05) is 7.05 Å². The van der Waals surface area contributed by atoms with Crippen molar-refractivity contribution >= 4 is 23.2 Å². The van der Waals surface area contributed by atoms with Crippen LogP contribution in [0.2, 0.25) is 10.0 Å². The first kappa shape index (κ1) is 12.0. The molecule has 0 spiro atoms. The third kappa shape index (κ3) is 2.42. The predicted octanol–water partition coefficient (Wildman–Crippen LogP) is 4.36. The van der Waals surface area contributed by atoms with Crippen molar-refractivity contribution in [1.29, 1.82) is 0 Å². The first-order valence-corrected chi connectivity index (χ1v) is 6.29. The summed E-state index contributed by atoms with van der Waals surface area (Å²) in [6.45, 7) is 0. The van der Waals surface area contributed by atoms with Crippen LogP contribution in [0.1, 0.15) is 30.9 Å². The second-order valence-corrected chi connectivity index (χ2v) is 4.90. The van der Waals surface area contributed by atoms with Gasteiger partial charge in [0.2, 0.25) is 0 Å². The summed E-state index contributed by atoms with van der Waals surface area (Å²) >= 11 is 12.1. The number of hydrogen-bond donors (Lipinski definition) is 1. The maximum Gasteiger partial charge on any atom is 0.0548 e. The van der Waals surface area contributed by atoms with Crippen molar-refractivity contribution in [1.82, 2.24) is 5.32 Å². The van der Waals surface area contributed by atoms with Crippen LogP contribution in [0.5, 0.6) is 0 Å². The highest BCUT2D eigenvalue weighted by Gasteiger charge is 2.19. The first-order chi connectivity index (χ1) is 7.72. The molecule has 0 aliphatic heterocycles. The van der Waals surface area contributed by atoms with Crippen molar-refractivity contribution in [3.05, 3.63) is 45.5 Å². The highest BCUT2D eigenvalue weighted by molar-refractivity contribution is 6.35. The Morgan fingerprint density at radius 2 is 2.12 bits per heavy atom. The molecule has 0 saturated carbocycles. The second kappa shape index (κ2) is 5.22. The molecule has 2 rings (SSSR count). The van der Waals surface area contributed by atoms with Gasteiger partial charge >= 0.3 is 0 Å². The normalized spacial score (nSPS) is 17.3. The van der Waals surface area contributed by atoms with Gasteiger partial charge < -0.3 is 5.32 Å². The molecule has 0 heterocycles. The Morgan fingerprint density at radius 1 is 1.31 bits per heavy atom. The Bertz CT molecular complexity index is 412. The number of rotatable bonds is 3. The molecule has 86 valence electrons. The lowest BCUT2D eigenvalue weighted by Gasteiger charge is -2.19. The van der Waals surface area contributed by atoms with E-state index in [4.69, 9.17) is 23.2 Å². The van der Waals surface area contributed by atoms with Gasteiger partial charge in [-0.3, -0.25) is 0 Å². The molecule has 1 aliphatic rings. The van der Waals surface area contributed by atoms with Gasteiger partial charge in [0, 0.05) is 10.0 Å². The summed E-state index contributed by atoms with van der Waals surface area (Å²) in [6, 6.07) is 5.93. The summed E-state index contributed by atoms with van der Waals surface area (Å²) in [5, 5.41) is 4.74. The number of benzene rings is 1. The Labute approximate surface area is 106 Å². The zero-order chi connectivity index (χ0) is 11.5. The van der Waals surface area contributed by atoms with Crippen LogP contribution < -0.4 is 5.32 Å². The number of halogens is 2. The summed E-state index contributed by atoms with van der Waals surface area (Å²) < 4.78 is 0. The Hall–Kier alpha value is -0.500. The van der Waals surface area contributed by atoms with Crippen molar-refractivity contribution in [3.8, 4) is 0 Å². The van der Waals surface area contributed by atoms with Gasteiger partial charge in [-0.15, -0.1) is 0 Å². The van der Waals surface area contributed by atoms with Gasteiger partial charge in [0.15, 0.2) is 0 Å². The van der Waals surface area contributed by atoms with E-state index in [-0.39, 0.29) is 6.04 Å². The zero-order valence-corrected chi connectivity index (χ0v) is 10.8. The number of likely N-dealkylation sites (N-methyl/N-ethyl adjacent to an activating group) is 1. The fourth-order valence-electron chi connectivity index (χ4n) is 2.23. The van der Waals surface area contributed by atoms with E-state index >= 15 is 0 Å². The molecule has 3 heteroatoms. The smallest absolute Gasteiger partial charge is 0.0548 e. The molecule has 1 aromatic rings. The summed E-state index contributed by atoms with van der Waals surface area (Å²) in [6.07, 6.45) is 5.90. The van der Waals surface area contributed by atoms with E-state index in [0.717, 1.165) is 17.0 Å². The fraction of sp³-hybridized carbons (Fsp3) is 0.385. The van der Waals surface area contributed by atoms with E-state index in [2.05, 4.69) is 11.4 Å². The average molecular weight is 256 g/mol. The van der Waals surface area contributed by atoms with E-state index in [1.807, 2.05) is 19.2 Å². The van der Waals surface area contributed by atoms with Crippen LogP contribution in [-0.2, 0) is 0 Å². The van der Waals surface area contributed by atoms with E-state index in [1.165, 1.54) is 18.4 Å². The van der Waals surface area contributed by atoms with Crippen LogP contribution in [0, 0.1) is 0 Å². The minimum Gasteiger partial charge on any atom is -0.310 e. The van der Waals surface area contributed by atoms with Crippen LogP contribution in [0.4, 0.5) is 0 Å². The molecular formula is C13H15Cl2N. The quantitative estimate of drug-likeness (QED) is 0.792. The number of nitrogens with one attached hydrogen (secondary N) is 1. The summed E-state index contributed by atoms with van der Waals surface area (Å²) in [5.41, 5.74) is 2.55. The van der Waals surface area contributed by atoms with Crippen LogP contribution in [-0.4, -0.2) is 7.05 Å². The van der Waals surface area contributed by atoms with E-state index < -0.39 is 0 Å². The molecule has 1 atom stereocenters. The maximum absolute atomic E-state index is 6.23. The van der Waals surface area contributed by atoms with E-state index in [1.54, 1.807) is 6.07 Å². The Morgan fingerprint density at radius 3 is 2.69 bits per heavy atom. The van der Waals surface area contributed by atoms with Gasteiger partial charge in [0.25, 0.3) is 0 Å². The number of hydrogen-bond acceptors (Lipinski definition) is 1. The molecule has 1 N–H and O–H groups in total. The van der Waals surface area contributed by atoms with Gasteiger partial charge in [-0.1, -0.05) is 40.9 Å². The molecule has 0 aromatic heterocycles. The summed E-state index contributed by atoms with van der Waals surface area (Å²) in [7, 11) is 1.97. The third-order valence-electron chi connectivity index (χ3n) is 3.01. The van der Waals surface area contributed by atoms with Gasteiger partial charge in [-0.05, 0) is 44.0 Å². The summed E-state index contributed by atoms with van der Waals surface area (Å²) in [4.78, 5) is 0. The molecule has 0 radical (unpaired) electrons. The number of allylic oxidation sites excluding steroid dienone is 1. The topological polar surface area (TPSA) is 12.0 Å². The van der Waals surface area contributed by atoms with Gasteiger partial charge in [-0.25, -0.2) is 0 Å². The van der Waals surface area contributed by atoms with Crippen LogP contribution in [0.25, 0.3) is 0 Å². The highest BCUT2D eigenvalue weighted by atomic mass is 35.5. The highest BCUT2D eigenvalue weighted by Crippen LogP contribution is 2.34. The third-order valence-corrected chi connectivity index (χ3v) is 3.57. The predicted molar refractivity (Wildman–Crippen MR) is 70.2 cm³/mol. The lowest BCUT2D eigenvalue weighted by atomic mass is 9.98. The molecule has 1 nitrogen and oxygen atoms in total. The lowest BCUT2D eigenvalue weighted by molar-refractivity contribution is 0.656. The first-order valence-electron chi connectivity index (χ1n) is 5.53. The lowest BCUT2D eigenvalue weighted by Crippen LogP contribution is -2.18.